The average Bonchev–Trinajstić information content (AvgIpc) is 3.13. The van der Waals surface area contributed by atoms with Crippen LogP contribution in [0.4, 0.5) is 0 Å². The van der Waals surface area contributed by atoms with E-state index in [2.05, 4.69) is 45.0 Å². The van der Waals surface area contributed by atoms with E-state index in [1.807, 2.05) is 30.3 Å². The fourth-order valence-electron chi connectivity index (χ4n) is 2.83. The van der Waals surface area contributed by atoms with Gasteiger partial charge in [-0.2, -0.15) is 0 Å². The summed E-state index contributed by atoms with van der Waals surface area (Å²) in [4.78, 5) is 16.5. The van der Waals surface area contributed by atoms with Crippen molar-refractivity contribution in [2.24, 2.45) is 0 Å². The number of aromatic hydroxyl groups is 1. The Balaban J connectivity index is 1.70. The summed E-state index contributed by atoms with van der Waals surface area (Å²) in [6.45, 7) is 1.02. The number of hydrogen-bond acceptors (Lipinski definition) is 4. The fourth-order valence-corrected chi connectivity index (χ4v) is 3.84. The van der Waals surface area contributed by atoms with Gasteiger partial charge in [0.2, 0.25) is 5.88 Å². The molecule has 0 spiro atoms. The van der Waals surface area contributed by atoms with Crippen LogP contribution >= 0.6 is 11.8 Å². The zero-order valence-corrected chi connectivity index (χ0v) is 14.9. The van der Waals surface area contributed by atoms with Crippen molar-refractivity contribution >= 4 is 33.8 Å². The predicted molar refractivity (Wildman–Crippen MR) is 101 cm³/mol. The van der Waals surface area contributed by atoms with E-state index >= 15 is 0 Å². The second-order valence-electron chi connectivity index (χ2n) is 6.22. The molecular weight excluding hydrogens is 334 g/mol. The second-order valence-corrected chi connectivity index (χ2v) is 7.35. The number of aromatic nitrogens is 4. The van der Waals surface area contributed by atoms with E-state index in [4.69, 9.17) is 0 Å². The molecule has 0 aliphatic rings. The average molecular weight is 354 g/mol. The molecule has 3 heterocycles. The molecule has 0 saturated carbocycles. The lowest BCUT2D eigenvalue weighted by Crippen LogP contribution is -2.16. The van der Waals surface area contributed by atoms with Crippen LogP contribution in [0.2, 0.25) is 0 Å². The van der Waals surface area contributed by atoms with Gasteiger partial charge in [-0.05, 0) is 37.3 Å². The van der Waals surface area contributed by atoms with E-state index in [1.54, 1.807) is 11.8 Å². The lowest BCUT2D eigenvalue weighted by Gasteiger charge is -2.06. The Morgan fingerprint density at radius 1 is 1.12 bits per heavy atom. The van der Waals surface area contributed by atoms with Gasteiger partial charge in [0.05, 0.1) is 0 Å². The van der Waals surface area contributed by atoms with E-state index in [0.29, 0.717) is 11.4 Å². The van der Waals surface area contributed by atoms with Gasteiger partial charge in [0.25, 0.3) is 5.82 Å². The Labute approximate surface area is 149 Å². The first-order chi connectivity index (χ1) is 12.1. The van der Waals surface area contributed by atoms with Crippen LogP contribution in [0.1, 0.15) is 0 Å². The Bertz CT molecular complexity index is 1040. The molecule has 0 saturated heterocycles. The molecule has 0 radical (unpaired) electrons. The highest BCUT2D eigenvalue weighted by molar-refractivity contribution is 7.99. The molecule has 4 aromatic rings. The Morgan fingerprint density at radius 2 is 1.96 bits per heavy atom. The summed E-state index contributed by atoms with van der Waals surface area (Å²) in [7, 11) is 4.14. The summed E-state index contributed by atoms with van der Waals surface area (Å²) in [6.07, 6.45) is 0. The molecule has 128 valence electrons. The van der Waals surface area contributed by atoms with Crippen LogP contribution in [0.15, 0.2) is 41.4 Å². The van der Waals surface area contributed by atoms with E-state index in [1.165, 1.54) is 0 Å². The molecule has 4 rings (SSSR count). The zero-order valence-electron chi connectivity index (χ0n) is 14.1. The number of pyridine rings is 1. The number of rotatable bonds is 5. The molecule has 25 heavy (non-hydrogen) atoms. The van der Waals surface area contributed by atoms with Gasteiger partial charge in [-0.25, -0.2) is 4.98 Å². The number of nitrogens with one attached hydrogen (secondary N) is 3. The molecule has 7 heteroatoms. The molecule has 0 bridgehead atoms. The number of nitrogens with zero attached hydrogens (tertiary/aromatic N) is 2. The van der Waals surface area contributed by atoms with E-state index in [0.717, 1.165) is 39.4 Å². The molecule has 0 unspecified atom stereocenters. The normalized spacial score (nSPS) is 11.8. The number of H-pyrrole nitrogens is 3. The van der Waals surface area contributed by atoms with Crippen LogP contribution < -0.4 is 4.98 Å². The first kappa shape index (κ1) is 16.0. The smallest absolute Gasteiger partial charge is 0.348 e. The molecule has 3 aromatic heterocycles. The van der Waals surface area contributed by atoms with Crippen molar-refractivity contribution in [3.05, 3.63) is 36.4 Å². The summed E-state index contributed by atoms with van der Waals surface area (Å²) in [5, 5.41) is 12.3. The van der Waals surface area contributed by atoms with Gasteiger partial charge in [-0.15, -0.1) is 0 Å². The van der Waals surface area contributed by atoms with Gasteiger partial charge in [0.15, 0.2) is 5.03 Å². The van der Waals surface area contributed by atoms with Crippen molar-refractivity contribution < 1.29 is 10.1 Å². The zero-order chi connectivity index (χ0) is 17.4. The van der Waals surface area contributed by atoms with Crippen LogP contribution in [-0.2, 0) is 0 Å². The van der Waals surface area contributed by atoms with Gasteiger partial charge in [-0.1, -0.05) is 30.0 Å². The van der Waals surface area contributed by atoms with Crippen molar-refractivity contribution in [2.75, 3.05) is 26.4 Å². The van der Waals surface area contributed by atoms with Gasteiger partial charge < -0.3 is 20.0 Å². The van der Waals surface area contributed by atoms with Gasteiger partial charge in [-0.3, -0.25) is 0 Å². The molecule has 0 aliphatic carbocycles. The van der Waals surface area contributed by atoms with Crippen molar-refractivity contribution in [1.82, 2.24) is 19.9 Å². The third-order valence-electron chi connectivity index (χ3n) is 4.09. The lowest BCUT2D eigenvalue weighted by molar-refractivity contribution is -0.397. The Kier molecular flexibility index (Phi) is 4.10. The largest absolute Gasteiger partial charge is 0.494 e. The molecule has 0 fully saturated rings. The maximum atomic E-state index is 10.3. The van der Waals surface area contributed by atoms with E-state index in [9.17, 15) is 5.11 Å². The van der Waals surface area contributed by atoms with Crippen molar-refractivity contribution in [3.8, 4) is 17.3 Å². The van der Waals surface area contributed by atoms with Crippen LogP contribution in [-0.4, -0.2) is 51.4 Å². The number of fused-ring (bicyclic) bond motifs is 2. The summed E-state index contributed by atoms with van der Waals surface area (Å²) in [5.74, 6) is 1.78. The van der Waals surface area contributed by atoms with Gasteiger partial charge in [0.1, 0.15) is 11.1 Å². The predicted octanol–water partition coefficient (Wildman–Crippen LogP) is 2.88. The van der Waals surface area contributed by atoms with Gasteiger partial charge in [0, 0.05) is 23.2 Å². The highest BCUT2D eigenvalue weighted by Crippen LogP contribution is 2.35. The highest BCUT2D eigenvalue weighted by atomic mass is 32.2. The van der Waals surface area contributed by atoms with Crippen molar-refractivity contribution in [3.63, 3.8) is 0 Å². The minimum Gasteiger partial charge on any atom is -0.494 e. The molecule has 0 aliphatic heterocycles. The maximum Gasteiger partial charge on any atom is 0.348 e. The monoisotopic (exact) mass is 354 g/mol. The van der Waals surface area contributed by atoms with E-state index in [-0.39, 0.29) is 5.88 Å². The number of imidazole rings is 1. The SMILES string of the molecule is CN(C)CCSc1ccc2[nH]c(-c3c(O)[nH]c4ccccc34)nc2[nH+]1. The fraction of sp³-hybridized carbons (Fsp3) is 0.222. The summed E-state index contributed by atoms with van der Waals surface area (Å²) < 4.78 is 0. The maximum absolute atomic E-state index is 10.3. The molecule has 6 nitrogen and oxygen atoms in total. The van der Waals surface area contributed by atoms with Crippen LogP contribution in [0.25, 0.3) is 33.5 Å². The quantitative estimate of drug-likeness (QED) is 0.481. The number of benzene rings is 1. The molecule has 4 N–H and O–H groups in total. The molecule has 0 amide bonds. The minimum atomic E-state index is 0.126. The van der Waals surface area contributed by atoms with Gasteiger partial charge >= 0.3 is 5.65 Å². The van der Waals surface area contributed by atoms with Crippen LogP contribution in [0.5, 0.6) is 5.88 Å². The van der Waals surface area contributed by atoms with Crippen molar-refractivity contribution in [2.45, 2.75) is 5.03 Å². The first-order valence-corrected chi connectivity index (χ1v) is 9.10. The summed E-state index contributed by atoms with van der Waals surface area (Å²) in [6, 6.07) is 11.9. The minimum absolute atomic E-state index is 0.126. The topological polar surface area (TPSA) is 82.1 Å². The Morgan fingerprint density at radius 3 is 2.80 bits per heavy atom. The third kappa shape index (κ3) is 3.08. The van der Waals surface area contributed by atoms with Crippen LogP contribution in [0.3, 0.4) is 0 Å². The Hall–Kier alpha value is -2.51. The third-order valence-corrected chi connectivity index (χ3v) is 5.03. The lowest BCUT2D eigenvalue weighted by atomic mass is 10.1. The molecule has 1 aromatic carbocycles. The summed E-state index contributed by atoms with van der Waals surface area (Å²) >= 11 is 1.77. The number of para-hydroxylation sites is 1. The van der Waals surface area contributed by atoms with Crippen LogP contribution in [0, 0.1) is 0 Å². The summed E-state index contributed by atoms with van der Waals surface area (Å²) in [5.41, 5.74) is 3.28. The first-order valence-electron chi connectivity index (χ1n) is 8.11. The number of thioether (sulfide) groups is 1. The standard InChI is InChI=1S/C18H19N5OS/c1-23(2)9-10-25-14-8-7-13-16(21-14)22-17(19-13)15-11-5-3-4-6-12(11)20-18(15)24/h3-8,20,24H,9-10H2,1-2H3,(H,19,21,22)/p+1. The molecule has 0 atom stereocenters. The van der Waals surface area contributed by atoms with E-state index < -0.39 is 0 Å². The van der Waals surface area contributed by atoms with Crippen molar-refractivity contribution in [1.29, 1.82) is 0 Å². The number of hydrogen-bond donors (Lipinski definition) is 3. The molecular formula is C18H20N5OS+. The number of aromatic amines is 3. The second kappa shape index (κ2) is 6.42. The highest BCUT2D eigenvalue weighted by Gasteiger charge is 2.22.